The minimum atomic E-state index is 0. The van der Waals surface area contributed by atoms with E-state index in [4.69, 9.17) is 0 Å². The van der Waals surface area contributed by atoms with Gasteiger partial charge in [0.05, 0.1) is 16.7 Å². The average Bonchev–Trinajstić information content (AvgIpc) is 3.02. The van der Waals surface area contributed by atoms with Gasteiger partial charge in [0.1, 0.15) is 5.52 Å². The lowest BCUT2D eigenvalue weighted by Gasteiger charge is -2.06. The number of halogens is 1. The van der Waals surface area contributed by atoms with Crippen molar-refractivity contribution in [1.82, 2.24) is 20.0 Å². The summed E-state index contributed by atoms with van der Waals surface area (Å²) in [6.45, 7) is 0. The SMILES string of the molecule is Cl.c1ccc2cc3c(cc2c1)nnn3-c1ccnc2ccccc12. The van der Waals surface area contributed by atoms with Crippen LogP contribution in [0.4, 0.5) is 0 Å². The molecule has 0 saturated heterocycles. The van der Waals surface area contributed by atoms with E-state index in [2.05, 4.69) is 45.6 Å². The van der Waals surface area contributed by atoms with Crippen LogP contribution in [0.5, 0.6) is 0 Å². The molecule has 5 rings (SSSR count). The van der Waals surface area contributed by atoms with Crippen molar-refractivity contribution >= 4 is 45.1 Å². The van der Waals surface area contributed by atoms with Crippen molar-refractivity contribution in [1.29, 1.82) is 0 Å². The number of aromatic nitrogens is 4. The summed E-state index contributed by atoms with van der Waals surface area (Å²) in [5.41, 5.74) is 3.84. The molecule has 0 saturated carbocycles. The molecule has 0 atom stereocenters. The molecule has 5 heteroatoms. The molecule has 0 fully saturated rings. The van der Waals surface area contributed by atoms with Crippen LogP contribution in [0.1, 0.15) is 0 Å². The molecule has 0 aliphatic rings. The number of hydrogen-bond acceptors (Lipinski definition) is 3. The quantitative estimate of drug-likeness (QED) is 0.452. The van der Waals surface area contributed by atoms with Gasteiger partial charge in [-0.25, -0.2) is 4.68 Å². The molecule has 24 heavy (non-hydrogen) atoms. The Balaban J connectivity index is 0.00000146. The maximum absolute atomic E-state index is 4.42. The minimum absolute atomic E-state index is 0. The molecular weight excluding hydrogens is 320 g/mol. The van der Waals surface area contributed by atoms with Gasteiger partial charge >= 0.3 is 0 Å². The zero-order valence-corrected chi connectivity index (χ0v) is 13.4. The molecule has 4 nitrogen and oxygen atoms in total. The van der Waals surface area contributed by atoms with Crippen molar-refractivity contribution in [3.05, 3.63) is 72.9 Å². The van der Waals surface area contributed by atoms with Gasteiger partial charge in [-0.05, 0) is 35.0 Å². The van der Waals surface area contributed by atoms with Gasteiger partial charge in [0.2, 0.25) is 0 Å². The molecule has 0 radical (unpaired) electrons. The van der Waals surface area contributed by atoms with E-state index in [0.29, 0.717) is 0 Å². The van der Waals surface area contributed by atoms with Gasteiger partial charge in [-0.2, -0.15) is 0 Å². The van der Waals surface area contributed by atoms with E-state index in [1.54, 1.807) is 0 Å². The topological polar surface area (TPSA) is 43.6 Å². The van der Waals surface area contributed by atoms with E-state index in [1.165, 1.54) is 10.8 Å². The fourth-order valence-corrected chi connectivity index (χ4v) is 3.05. The Labute approximate surface area is 144 Å². The van der Waals surface area contributed by atoms with E-state index in [-0.39, 0.29) is 12.4 Å². The Morgan fingerprint density at radius 3 is 2.38 bits per heavy atom. The Morgan fingerprint density at radius 1 is 0.750 bits per heavy atom. The number of benzene rings is 3. The van der Waals surface area contributed by atoms with Crippen LogP contribution in [0, 0.1) is 0 Å². The highest BCUT2D eigenvalue weighted by Crippen LogP contribution is 2.26. The number of fused-ring (bicyclic) bond motifs is 3. The lowest BCUT2D eigenvalue weighted by atomic mass is 10.1. The molecule has 116 valence electrons. The van der Waals surface area contributed by atoms with Crippen molar-refractivity contribution in [3.63, 3.8) is 0 Å². The maximum Gasteiger partial charge on any atom is 0.114 e. The Morgan fingerprint density at radius 2 is 1.50 bits per heavy atom. The van der Waals surface area contributed by atoms with Gasteiger partial charge in [0.25, 0.3) is 0 Å². The van der Waals surface area contributed by atoms with Crippen molar-refractivity contribution in [2.45, 2.75) is 0 Å². The zero-order chi connectivity index (χ0) is 15.2. The summed E-state index contributed by atoms with van der Waals surface area (Å²) in [6, 6.07) is 22.6. The summed E-state index contributed by atoms with van der Waals surface area (Å²) >= 11 is 0. The van der Waals surface area contributed by atoms with Crippen LogP contribution >= 0.6 is 12.4 Å². The molecule has 5 aromatic rings. The number of nitrogens with zero attached hydrogens (tertiary/aromatic N) is 4. The van der Waals surface area contributed by atoms with E-state index in [9.17, 15) is 0 Å². The van der Waals surface area contributed by atoms with Gasteiger partial charge in [0, 0.05) is 11.6 Å². The van der Waals surface area contributed by atoms with Crippen LogP contribution in [-0.2, 0) is 0 Å². The van der Waals surface area contributed by atoms with Crippen LogP contribution in [0.15, 0.2) is 72.9 Å². The Kier molecular flexibility index (Phi) is 3.40. The second-order valence-corrected chi connectivity index (χ2v) is 5.54. The number of rotatable bonds is 1. The molecule has 0 spiro atoms. The first-order chi connectivity index (χ1) is 11.4. The summed E-state index contributed by atoms with van der Waals surface area (Å²) in [4.78, 5) is 4.42. The van der Waals surface area contributed by atoms with Crippen LogP contribution in [0.25, 0.3) is 38.4 Å². The first kappa shape index (κ1) is 14.6. The third-order valence-electron chi connectivity index (χ3n) is 4.17. The molecule has 0 N–H and O–H groups in total. The van der Waals surface area contributed by atoms with Gasteiger partial charge in [-0.1, -0.05) is 47.7 Å². The third-order valence-corrected chi connectivity index (χ3v) is 4.17. The number of pyridine rings is 1. The minimum Gasteiger partial charge on any atom is -0.256 e. The first-order valence-electron chi connectivity index (χ1n) is 7.48. The lowest BCUT2D eigenvalue weighted by Crippen LogP contribution is -1.98. The van der Waals surface area contributed by atoms with E-state index in [1.807, 2.05) is 47.3 Å². The lowest BCUT2D eigenvalue weighted by molar-refractivity contribution is 0.828. The molecular formula is C19H13ClN4. The van der Waals surface area contributed by atoms with Gasteiger partial charge in [-0.3, -0.25) is 4.98 Å². The summed E-state index contributed by atoms with van der Waals surface area (Å²) < 4.78 is 1.89. The van der Waals surface area contributed by atoms with E-state index >= 15 is 0 Å². The highest BCUT2D eigenvalue weighted by molar-refractivity contribution is 5.96. The van der Waals surface area contributed by atoms with Crippen LogP contribution < -0.4 is 0 Å². The van der Waals surface area contributed by atoms with E-state index < -0.39 is 0 Å². The van der Waals surface area contributed by atoms with Crippen LogP contribution in [0.3, 0.4) is 0 Å². The summed E-state index contributed by atoms with van der Waals surface area (Å²) in [6.07, 6.45) is 1.81. The van der Waals surface area contributed by atoms with Crippen molar-refractivity contribution in [2.24, 2.45) is 0 Å². The fraction of sp³-hybridized carbons (Fsp3) is 0. The molecule has 0 unspecified atom stereocenters. The monoisotopic (exact) mass is 332 g/mol. The largest absolute Gasteiger partial charge is 0.256 e. The standard InChI is InChI=1S/C19H12N4.ClH/c1-2-6-14-12-19-17(11-13(14)5-1)21-22-23(19)18-9-10-20-16-8-4-3-7-15(16)18;/h1-12H;1H. The van der Waals surface area contributed by atoms with Crippen molar-refractivity contribution in [3.8, 4) is 5.69 Å². The molecule has 0 aliphatic heterocycles. The zero-order valence-electron chi connectivity index (χ0n) is 12.6. The molecule has 2 heterocycles. The molecule has 0 amide bonds. The molecule has 0 aliphatic carbocycles. The van der Waals surface area contributed by atoms with E-state index in [0.717, 1.165) is 27.6 Å². The van der Waals surface area contributed by atoms with Crippen LogP contribution in [-0.4, -0.2) is 20.0 Å². The second-order valence-electron chi connectivity index (χ2n) is 5.54. The maximum atomic E-state index is 4.42. The molecule has 3 aromatic carbocycles. The molecule has 0 bridgehead atoms. The predicted molar refractivity (Wildman–Crippen MR) is 98.9 cm³/mol. The Hall–Kier alpha value is -2.98. The third kappa shape index (κ3) is 2.12. The smallest absolute Gasteiger partial charge is 0.114 e. The Bertz CT molecular complexity index is 1170. The van der Waals surface area contributed by atoms with Crippen molar-refractivity contribution < 1.29 is 0 Å². The average molecular weight is 333 g/mol. The summed E-state index contributed by atoms with van der Waals surface area (Å²) in [7, 11) is 0. The highest BCUT2D eigenvalue weighted by Gasteiger charge is 2.10. The predicted octanol–water partition coefficient (Wildman–Crippen LogP) is 4.54. The van der Waals surface area contributed by atoms with Gasteiger partial charge < -0.3 is 0 Å². The van der Waals surface area contributed by atoms with Crippen LogP contribution in [0.2, 0.25) is 0 Å². The highest BCUT2D eigenvalue weighted by atomic mass is 35.5. The first-order valence-corrected chi connectivity index (χ1v) is 7.48. The number of para-hydroxylation sites is 1. The van der Waals surface area contributed by atoms with Gasteiger partial charge in [-0.15, -0.1) is 17.5 Å². The molecule has 2 aromatic heterocycles. The number of hydrogen-bond donors (Lipinski definition) is 0. The normalized spacial score (nSPS) is 11.0. The van der Waals surface area contributed by atoms with Gasteiger partial charge in [0.15, 0.2) is 0 Å². The summed E-state index contributed by atoms with van der Waals surface area (Å²) in [5.74, 6) is 0. The van der Waals surface area contributed by atoms with Crippen molar-refractivity contribution in [2.75, 3.05) is 0 Å². The summed E-state index contributed by atoms with van der Waals surface area (Å²) in [5, 5.41) is 12.1. The fourth-order valence-electron chi connectivity index (χ4n) is 3.05. The second kappa shape index (κ2) is 5.58.